The Bertz CT molecular complexity index is 3520. The minimum Gasteiger partial charge on any atom is -0.493 e. The number of amides is 5. The van der Waals surface area contributed by atoms with E-state index in [-0.39, 0.29) is 45.4 Å². The van der Waals surface area contributed by atoms with Gasteiger partial charge in [-0.1, -0.05) is 112 Å². The van der Waals surface area contributed by atoms with Crippen molar-refractivity contribution in [3.05, 3.63) is 181 Å². The van der Waals surface area contributed by atoms with E-state index in [1.165, 1.54) is 19.2 Å². The first-order valence-electron chi connectivity index (χ1n) is 30.3. The Labute approximate surface area is 530 Å². The van der Waals surface area contributed by atoms with E-state index in [1.54, 1.807) is 29.2 Å². The van der Waals surface area contributed by atoms with E-state index in [9.17, 15) is 23.2 Å². The second-order valence-electron chi connectivity index (χ2n) is 24.1. The number of rotatable bonds is 20. The second-order valence-corrected chi connectivity index (χ2v) is 25.4. The lowest BCUT2D eigenvalue weighted by Gasteiger charge is -2.47. The first kappa shape index (κ1) is 65.1. The lowest BCUT2D eigenvalue weighted by molar-refractivity contribution is -0.132. The van der Waals surface area contributed by atoms with Gasteiger partial charge in [0.15, 0.2) is 17.4 Å². The minimum atomic E-state index is -1.15. The zero-order chi connectivity index (χ0) is 63.1. The Balaban J connectivity index is 0.708. The number of amidine groups is 1. The number of nitrogen functional groups attached to an aromatic ring is 1. The molecule has 5 amide bonds. The van der Waals surface area contributed by atoms with Crippen molar-refractivity contribution in [2.24, 2.45) is 4.99 Å². The van der Waals surface area contributed by atoms with Crippen molar-refractivity contribution >= 4 is 75.9 Å². The van der Waals surface area contributed by atoms with Crippen LogP contribution in [0.3, 0.4) is 0 Å². The summed E-state index contributed by atoms with van der Waals surface area (Å²) in [4.78, 5) is 75.0. The van der Waals surface area contributed by atoms with Gasteiger partial charge in [0, 0.05) is 86.3 Å². The standard InChI is InChI=1S/C68H78Cl3F2N9O6/c1-8-87-56-42-49(66(3,4)5)22-29-53(56)62-77-67(6,47-18-23-50(69)24-19-47)68(7,48-20-25-51(70)26-21-48)82(62)65(86)81-35-33-78(34-36-81)32-14-12-10-9-11-13-15-58(83)79-37-39-80(40-38-79)64(85)45-16-27-52(28-17-45)76-63(84)46-41-57(61(74)75-43-46)88-44(2)59-55(72)31-30-54(71)60(59)73/h16-31,41-44H,8-15,32-40H2,1-7H3,(H2,74,75)(H,76,84)/t44-,67+,68-/m1/s1. The van der Waals surface area contributed by atoms with Gasteiger partial charge < -0.3 is 35.2 Å². The first-order valence-corrected chi connectivity index (χ1v) is 31.4. The van der Waals surface area contributed by atoms with Gasteiger partial charge in [-0.3, -0.25) is 29.2 Å². The minimum absolute atomic E-state index is 0.0544. The summed E-state index contributed by atoms with van der Waals surface area (Å²) < 4.78 is 41.3. The fourth-order valence-corrected chi connectivity index (χ4v) is 12.3. The third-order valence-electron chi connectivity index (χ3n) is 17.3. The van der Waals surface area contributed by atoms with Crippen molar-refractivity contribution in [2.75, 3.05) is 76.6 Å². The highest BCUT2D eigenvalue weighted by Crippen LogP contribution is 2.54. The summed E-state index contributed by atoms with van der Waals surface area (Å²) in [5, 5.41) is 3.69. The maximum atomic E-state index is 15.5. The molecule has 0 spiro atoms. The number of nitrogens with two attached hydrogens (primary N) is 1. The van der Waals surface area contributed by atoms with Gasteiger partial charge in [0.25, 0.3) is 11.8 Å². The molecule has 0 bridgehead atoms. The smallest absolute Gasteiger partial charge is 0.326 e. The van der Waals surface area contributed by atoms with Gasteiger partial charge in [0.05, 0.1) is 28.3 Å². The molecule has 0 saturated carbocycles. The highest BCUT2D eigenvalue weighted by atomic mass is 35.5. The third kappa shape index (κ3) is 14.4. The van der Waals surface area contributed by atoms with Gasteiger partial charge in [-0.15, -0.1) is 0 Å². The van der Waals surface area contributed by atoms with Crippen LogP contribution in [0, 0.1) is 11.6 Å². The van der Waals surface area contributed by atoms with Crippen molar-refractivity contribution in [3.8, 4) is 11.5 Å². The molecule has 9 rings (SSSR count). The number of anilines is 2. The highest BCUT2D eigenvalue weighted by Gasteiger charge is 2.60. The van der Waals surface area contributed by atoms with Crippen molar-refractivity contribution < 1.29 is 37.4 Å². The van der Waals surface area contributed by atoms with Crippen LogP contribution in [0.1, 0.15) is 148 Å². The van der Waals surface area contributed by atoms with Crippen LogP contribution in [0.15, 0.2) is 120 Å². The lowest BCUT2D eigenvalue weighted by Crippen LogP contribution is -2.60. The number of unbranched alkanes of at least 4 members (excludes halogenated alkanes) is 5. The maximum Gasteiger partial charge on any atom is 0.326 e. The number of benzene rings is 5. The van der Waals surface area contributed by atoms with Crippen LogP contribution >= 0.6 is 34.8 Å². The molecule has 3 aliphatic rings. The number of halogens is 5. The molecular weight excluding hydrogens is 1180 g/mol. The number of carbonyl (C=O) groups is 4. The van der Waals surface area contributed by atoms with Gasteiger partial charge in [0.2, 0.25) is 5.91 Å². The molecule has 0 unspecified atom stereocenters. The monoisotopic (exact) mass is 1260 g/mol. The number of piperazine rings is 2. The summed E-state index contributed by atoms with van der Waals surface area (Å²) in [6.07, 6.45) is 6.56. The topological polar surface area (TPSA) is 166 Å². The number of pyridine rings is 1. The van der Waals surface area contributed by atoms with Crippen LogP contribution in [0.2, 0.25) is 15.1 Å². The highest BCUT2D eigenvalue weighted by molar-refractivity contribution is 6.31. The summed E-state index contributed by atoms with van der Waals surface area (Å²) >= 11 is 18.8. The summed E-state index contributed by atoms with van der Waals surface area (Å²) in [5.41, 5.74) is 8.05. The predicted octanol–water partition coefficient (Wildman–Crippen LogP) is 14.3. The van der Waals surface area contributed by atoms with Crippen LogP contribution in [-0.2, 0) is 21.3 Å². The fraction of sp³-hybridized carbons (Fsp3) is 0.412. The molecule has 3 aliphatic heterocycles. The van der Waals surface area contributed by atoms with E-state index in [4.69, 9.17) is 55.0 Å². The summed E-state index contributed by atoms with van der Waals surface area (Å²) in [7, 11) is 0. The van der Waals surface area contributed by atoms with Crippen LogP contribution < -0.4 is 20.5 Å². The first-order chi connectivity index (χ1) is 42.0. The molecule has 5 aromatic carbocycles. The van der Waals surface area contributed by atoms with Crippen LogP contribution in [0.25, 0.3) is 0 Å². The number of aliphatic imine (C=N–C) groups is 1. The number of hydrogen-bond acceptors (Lipinski definition) is 10. The van der Waals surface area contributed by atoms with Gasteiger partial charge in [0.1, 0.15) is 34.6 Å². The number of nitrogens with one attached hydrogen (secondary N) is 1. The number of hydrogen-bond donors (Lipinski definition) is 2. The lowest BCUT2D eigenvalue weighted by atomic mass is 9.71. The largest absolute Gasteiger partial charge is 0.493 e. The molecule has 2 fully saturated rings. The fourth-order valence-electron chi connectivity index (χ4n) is 11.9. The Morgan fingerprint density at radius 3 is 1.94 bits per heavy atom. The van der Waals surface area contributed by atoms with Crippen molar-refractivity contribution in [1.29, 1.82) is 0 Å². The van der Waals surface area contributed by atoms with E-state index in [0.29, 0.717) is 85.2 Å². The molecule has 88 heavy (non-hydrogen) atoms. The Morgan fingerprint density at radius 2 is 1.31 bits per heavy atom. The molecule has 2 saturated heterocycles. The van der Waals surface area contributed by atoms with E-state index >= 15 is 4.79 Å². The van der Waals surface area contributed by atoms with E-state index in [1.807, 2.05) is 70.2 Å². The molecule has 6 aromatic rings. The maximum absolute atomic E-state index is 15.5. The Hall–Kier alpha value is -7.31. The Kier molecular flexibility index (Phi) is 20.7. The average Bonchev–Trinajstić information content (AvgIpc) is 1.53. The summed E-state index contributed by atoms with van der Waals surface area (Å²) in [5.74, 6) is -1.38. The molecule has 4 heterocycles. The molecule has 466 valence electrons. The molecule has 20 heteroatoms. The van der Waals surface area contributed by atoms with Crippen LogP contribution in [-0.4, -0.2) is 125 Å². The number of urea groups is 1. The van der Waals surface area contributed by atoms with Crippen molar-refractivity contribution in [3.63, 3.8) is 0 Å². The number of aromatic nitrogens is 1. The van der Waals surface area contributed by atoms with Gasteiger partial charge in [-0.25, -0.2) is 18.6 Å². The normalized spacial score (nSPS) is 18.5. The summed E-state index contributed by atoms with van der Waals surface area (Å²) in [6, 6.07) is 31.5. The Morgan fingerprint density at radius 1 is 0.705 bits per heavy atom. The van der Waals surface area contributed by atoms with Crippen molar-refractivity contribution in [1.82, 2.24) is 29.5 Å². The average molecular weight is 1260 g/mol. The number of ether oxygens (including phenoxy) is 2. The molecule has 1 aromatic heterocycles. The van der Waals surface area contributed by atoms with Crippen molar-refractivity contribution in [2.45, 2.75) is 116 Å². The molecular formula is C68H78Cl3F2N9O6. The zero-order valence-corrected chi connectivity index (χ0v) is 53.4. The van der Waals surface area contributed by atoms with Crippen LogP contribution in [0.4, 0.5) is 25.1 Å². The predicted molar refractivity (Wildman–Crippen MR) is 344 cm³/mol. The van der Waals surface area contributed by atoms with Gasteiger partial charge in [-0.2, -0.15) is 0 Å². The summed E-state index contributed by atoms with van der Waals surface area (Å²) in [6.45, 7) is 19.8. The van der Waals surface area contributed by atoms with E-state index in [0.717, 1.165) is 92.5 Å². The molecule has 3 N–H and O–H groups in total. The zero-order valence-electron chi connectivity index (χ0n) is 51.1. The molecule has 15 nitrogen and oxygen atoms in total. The molecule has 0 aliphatic carbocycles. The van der Waals surface area contributed by atoms with E-state index < -0.39 is 40.3 Å². The van der Waals surface area contributed by atoms with Gasteiger partial charge in [-0.05, 0) is 148 Å². The number of carbonyl (C=O) groups excluding carboxylic acids is 4. The number of nitrogens with zero attached hydrogens (tertiary/aromatic N) is 7. The quantitative estimate of drug-likeness (QED) is 0.0559. The third-order valence-corrected chi connectivity index (χ3v) is 18.1. The van der Waals surface area contributed by atoms with E-state index in [2.05, 4.69) is 68.0 Å². The second kappa shape index (κ2) is 28.0. The van der Waals surface area contributed by atoms with Gasteiger partial charge >= 0.3 is 6.03 Å². The molecule has 0 radical (unpaired) electrons. The van der Waals surface area contributed by atoms with Crippen LogP contribution in [0.5, 0.6) is 11.5 Å². The SMILES string of the molecule is CCOc1cc(C(C)(C)C)ccc1C1=N[C@@](C)(c2ccc(Cl)cc2)[C@@](C)(c2ccc(Cl)cc2)N1C(=O)N1CCN(CCCCCCCCC(=O)N2CCN(C(=O)c3ccc(NC(=O)c4cnc(N)c(O[C@H](C)c5c(F)ccc(Cl)c5F)c4)cc3)CC2)CC1. The molecule has 3 atom stereocenters.